The van der Waals surface area contributed by atoms with Crippen molar-refractivity contribution >= 4 is 5.97 Å². The molecule has 0 radical (unpaired) electrons. The van der Waals surface area contributed by atoms with Gasteiger partial charge in [0.1, 0.15) is 18.3 Å². The summed E-state index contributed by atoms with van der Waals surface area (Å²) in [7, 11) is 0. The smallest absolute Gasteiger partial charge is 0.335 e. The standard InChI is InChI=1S/C36H58O10/c1-31(2)16-19-18-8-9-21-33(4)12-11-22(45-30-25(40)23(38)24(39)26(46-30)29(43)44)34(5,17-37)20(33)10-13-36(21,7)35(18,6)15-14-32(19,3)28(42)27(31)41/h8,19-28,30,37-42H,9-17H2,1-7H3,(H,43,44)/t19?,20-,21?,22+,23+,24+,25-,26+,27+,28-,30-,32-,33+,34-,35-,36-/m1/s1. The molecule has 10 nitrogen and oxygen atoms in total. The average Bonchev–Trinajstić information content (AvgIpc) is 2.99. The third-order valence-electron chi connectivity index (χ3n) is 15.6. The Labute approximate surface area is 273 Å². The van der Waals surface area contributed by atoms with E-state index in [9.17, 15) is 40.5 Å². The topological polar surface area (TPSA) is 177 Å². The van der Waals surface area contributed by atoms with Crippen molar-refractivity contribution in [1.82, 2.24) is 0 Å². The second kappa shape index (κ2) is 10.9. The molecule has 262 valence electrons. The Bertz CT molecular complexity index is 1250. The second-order valence-corrected chi connectivity index (χ2v) is 18.0. The number of aliphatic hydroxyl groups excluding tert-OH is 6. The maximum absolute atomic E-state index is 11.7. The lowest BCUT2D eigenvalue weighted by molar-refractivity contribution is -0.327. The van der Waals surface area contributed by atoms with Crippen LogP contribution >= 0.6 is 0 Å². The second-order valence-electron chi connectivity index (χ2n) is 18.0. The quantitative estimate of drug-likeness (QED) is 0.177. The number of fused-ring (bicyclic) bond motifs is 7. The fourth-order valence-corrected chi connectivity index (χ4v) is 12.2. The molecular weight excluding hydrogens is 592 g/mol. The largest absolute Gasteiger partial charge is 0.479 e. The molecule has 6 rings (SSSR count). The van der Waals surface area contributed by atoms with E-state index in [1.165, 1.54) is 5.57 Å². The molecule has 5 fully saturated rings. The van der Waals surface area contributed by atoms with Gasteiger partial charge in [-0.15, -0.1) is 0 Å². The van der Waals surface area contributed by atoms with Gasteiger partial charge in [-0.1, -0.05) is 60.1 Å². The lowest BCUT2D eigenvalue weighted by Gasteiger charge is -2.72. The number of rotatable bonds is 4. The van der Waals surface area contributed by atoms with Crippen LogP contribution in [0.1, 0.15) is 99.8 Å². The molecule has 46 heavy (non-hydrogen) atoms. The summed E-state index contributed by atoms with van der Waals surface area (Å²) in [6, 6.07) is 0. The highest BCUT2D eigenvalue weighted by Gasteiger charge is 2.70. The minimum Gasteiger partial charge on any atom is -0.479 e. The number of aliphatic carboxylic acids is 1. The molecule has 4 saturated carbocycles. The number of hydrogen-bond donors (Lipinski definition) is 7. The molecule has 5 aliphatic carbocycles. The first kappa shape index (κ1) is 34.7. The van der Waals surface area contributed by atoms with E-state index in [1.54, 1.807) is 0 Å². The molecule has 2 unspecified atom stereocenters. The van der Waals surface area contributed by atoms with Crippen LogP contribution in [-0.2, 0) is 14.3 Å². The fraction of sp³-hybridized carbons (Fsp3) is 0.917. The number of carboxylic acids is 1. The summed E-state index contributed by atoms with van der Waals surface area (Å²) in [5.74, 6) is -0.851. The first-order valence-corrected chi connectivity index (χ1v) is 17.5. The van der Waals surface area contributed by atoms with Crippen molar-refractivity contribution in [2.75, 3.05) is 6.61 Å². The van der Waals surface area contributed by atoms with Crippen LogP contribution in [-0.4, -0.2) is 97.3 Å². The maximum atomic E-state index is 11.7. The third-order valence-corrected chi connectivity index (χ3v) is 15.6. The van der Waals surface area contributed by atoms with Gasteiger partial charge in [-0.2, -0.15) is 0 Å². The van der Waals surface area contributed by atoms with Crippen LogP contribution in [0.25, 0.3) is 0 Å². The summed E-state index contributed by atoms with van der Waals surface area (Å²) in [5.41, 5.74) is -0.247. The highest BCUT2D eigenvalue weighted by atomic mass is 16.7. The Hall–Kier alpha value is -1.11. The zero-order chi connectivity index (χ0) is 34.0. The van der Waals surface area contributed by atoms with Crippen molar-refractivity contribution < 1.29 is 50.0 Å². The molecule has 7 N–H and O–H groups in total. The molecule has 1 saturated heterocycles. The first-order chi connectivity index (χ1) is 21.2. The SMILES string of the molecule is CC1(C)CC2C3=CCC4[C@@]5(C)CC[C@H](O[C@@H]6O[C@H](C(=O)O)[C@@H](O)[C@H](O)[C@H]6O)[C@](C)(CO)[C@@H]5CC[C@@]4(C)[C@]3(C)CC[C@@]2(C)[C@H](O)[C@@H]1O. The Morgan fingerprint density at radius 3 is 2.15 bits per heavy atom. The maximum Gasteiger partial charge on any atom is 0.335 e. The number of carboxylic acid groups (broad SMARTS) is 1. The van der Waals surface area contributed by atoms with Crippen molar-refractivity contribution in [2.24, 2.45) is 50.2 Å². The van der Waals surface area contributed by atoms with E-state index >= 15 is 0 Å². The minimum absolute atomic E-state index is 0.0173. The number of aliphatic hydroxyl groups is 6. The molecule has 0 amide bonds. The van der Waals surface area contributed by atoms with Crippen LogP contribution < -0.4 is 0 Å². The lowest BCUT2D eigenvalue weighted by atomic mass is 9.33. The Morgan fingerprint density at radius 2 is 1.52 bits per heavy atom. The number of ether oxygens (including phenoxy) is 2. The summed E-state index contributed by atoms with van der Waals surface area (Å²) >= 11 is 0. The highest BCUT2D eigenvalue weighted by molar-refractivity contribution is 5.73. The normalized spacial score (nSPS) is 56.5. The van der Waals surface area contributed by atoms with Gasteiger partial charge < -0.3 is 45.2 Å². The molecule has 0 bridgehead atoms. The summed E-state index contributed by atoms with van der Waals surface area (Å²) in [5, 5.41) is 74.4. The highest BCUT2D eigenvalue weighted by Crippen LogP contribution is 2.75. The van der Waals surface area contributed by atoms with Gasteiger partial charge in [0.05, 0.1) is 24.9 Å². The van der Waals surface area contributed by atoms with Gasteiger partial charge in [-0.05, 0) is 90.8 Å². The van der Waals surface area contributed by atoms with Gasteiger partial charge in [0.25, 0.3) is 0 Å². The van der Waals surface area contributed by atoms with Gasteiger partial charge in [0.2, 0.25) is 0 Å². The molecule has 0 spiro atoms. The van der Waals surface area contributed by atoms with Crippen LogP contribution in [0.2, 0.25) is 0 Å². The summed E-state index contributed by atoms with van der Waals surface area (Å²) in [6.07, 6.45) is -1.24. The van der Waals surface area contributed by atoms with Crippen molar-refractivity contribution in [2.45, 2.75) is 149 Å². The van der Waals surface area contributed by atoms with Gasteiger partial charge in [0, 0.05) is 10.8 Å². The molecule has 1 aliphatic heterocycles. The molecule has 10 heteroatoms. The number of hydrogen-bond acceptors (Lipinski definition) is 9. The van der Waals surface area contributed by atoms with E-state index < -0.39 is 60.4 Å². The Morgan fingerprint density at radius 1 is 0.848 bits per heavy atom. The van der Waals surface area contributed by atoms with Crippen molar-refractivity contribution in [1.29, 1.82) is 0 Å². The molecular formula is C36H58O10. The van der Waals surface area contributed by atoms with Gasteiger partial charge >= 0.3 is 5.97 Å². The minimum atomic E-state index is -1.79. The van der Waals surface area contributed by atoms with Crippen molar-refractivity contribution in [3.8, 4) is 0 Å². The van der Waals surface area contributed by atoms with Gasteiger partial charge in [0.15, 0.2) is 12.4 Å². The van der Waals surface area contributed by atoms with E-state index in [-0.39, 0.29) is 45.5 Å². The third kappa shape index (κ3) is 4.46. The van der Waals surface area contributed by atoms with Crippen molar-refractivity contribution in [3.63, 3.8) is 0 Å². The van der Waals surface area contributed by atoms with E-state index in [2.05, 4.69) is 47.6 Å². The number of carbonyl (C=O) groups is 1. The zero-order valence-electron chi connectivity index (χ0n) is 28.6. The zero-order valence-corrected chi connectivity index (χ0v) is 28.6. The predicted octanol–water partition coefficient (Wildman–Crippen LogP) is 3.00. The fourth-order valence-electron chi connectivity index (χ4n) is 12.2. The van der Waals surface area contributed by atoms with E-state index in [1.807, 2.05) is 6.92 Å². The van der Waals surface area contributed by atoms with Gasteiger partial charge in [-0.25, -0.2) is 4.79 Å². The molecule has 6 aliphatic rings. The molecule has 0 aromatic carbocycles. The van der Waals surface area contributed by atoms with E-state index in [0.717, 1.165) is 44.9 Å². The summed E-state index contributed by atoms with van der Waals surface area (Å²) in [4.78, 5) is 11.7. The van der Waals surface area contributed by atoms with Crippen LogP contribution in [0, 0.1) is 50.2 Å². The van der Waals surface area contributed by atoms with Crippen molar-refractivity contribution in [3.05, 3.63) is 11.6 Å². The molecule has 0 aromatic heterocycles. The molecule has 16 atom stereocenters. The summed E-state index contributed by atoms with van der Waals surface area (Å²) in [6.45, 7) is 15.5. The lowest BCUT2D eigenvalue weighted by Crippen LogP contribution is -2.68. The van der Waals surface area contributed by atoms with Crippen LogP contribution in [0.5, 0.6) is 0 Å². The van der Waals surface area contributed by atoms with Crippen LogP contribution in [0.3, 0.4) is 0 Å². The van der Waals surface area contributed by atoms with E-state index in [0.29, 0.717) is 12.3 Å². The molecule has 1 heterocycles. The Balaban J connectivity index is 1.30. The van der Waals surface area contributed by atoms with Crippen LogP contribution in [0.4, 0.5) is 0 Å². The number of allylic oxidation sites excluding steroid dienone is 2. The monoisotopic (exact) mass is 650 g/mol. The Kier molecular flexibility index (Phi) is 8.27. The first-order valence-electron chi connectivity index (χ1n) is 17.5. The average molecular weight is 651 g/mol. The van der Waals surface area contributed by atoms with Crippen LogP contribution in [0.15, 0.2) is 11.6 Å². The van der Waals surface area contributed by atoms with Gasteiger partial charge in [-0.3, -0.25) is 0 Å². The van der Waals surface area contributed by atoms with E-state index in [4.69, 9.17) is 9.47 Å². The predicted molar refractivity (Wildman–Crippen MR) is 168 cm³/mol. The summed E-state index contributed by atoms with van der Waals surface area (Å²) < 4.78 is 11.8. The molecule has 0 aromatic rings.